The first kappa shape index (κ1) is 30.9. The first-order chi connectivity index (χ1) is 17.3. The van der Waals surface area contributed by atoms with Gasteiger partial charge in [0.15, 0.2) is 0 Å². The average molecular weight is 575 g/mol. The van der Waals surface area contributed by atoms with Gasteiger partial charge in [0, 0.05) is 36.1 Å². The van der Waals surface area contributed by atoms with Crippen molar-refractivity contribution in [3.05, 3.63) is 63.9 Å². The van der Waals surface area contributed by atoms with Crippen LogP contribution in [0.25, 0.3) is 0 Å². The third kappa shape index (κ3) is 9.47. The van der Waals surface area contributed by atoms with E-state index >= 15 is 0 Å². The predicted molar refractivity (Wildman–Crippen MR) is 147 cm³/mol. The Balaban J connectivity index is 2.24. The van der Waals surface area contributed by atoms with E-state index < -0.39 is 21.9 Å². The van der Waals surface area contributed by atoms with Crippen molar-refractivity contribution < 1.29 is 22.4 Å². The Labute approximate surface area is 229 Å². The van der Waals surface area contributed by atoms with Gasteiger partial charge in [-0.25, -0.2) is 12.8 Å². The average Bonchev–Trinajstić information content (AvgIpc) is 2.81. The van der Waals surface area contributed by atoms with Crippen LogP contribution in [-0.2, 0) is 26.2 Å². The number of nitrogens with one attached hydrogen (secondary N) is 1. The molecule has 1 atom stereocenters. The molecule has 0 saturated carbocycles. The molecule has 0 aliphatic carbocycles. The summed E-state index contributed by atoms with van der Waals surface area (Å²) in [6, 6.07) is 9.32. The van der Waals surface area contributed by atoms with E-state index in [1.165, 1.54) is 29.2 Å². The van der Waals surface area contributed by atoms with Crippen LogP contribution in [0.15, 0.2) is 42.5 Å². The maximum atomic E-state index is 13.4. The summed E-state index contributed by atoms with van der Waals surface area (Å²) in [4.78, 5) is 27.9. The van der Waals surface area contributed by atoms with Crippen molar-refractivity contribution in [1.29, 1.82) is 0 Å². The third-order valence-corrected chi connectivity index (χ3v) is 7.47. The summed E-state index contributed by atoms with van der Waals surface area (Å²) in [6.45, 7) is 6.36. The number of hydrogen-bond acceptors (Lipinski definition) is 4. The summed E-state index contributed by atoms with van der Waals surface area (Å²) >= 11 is 12.4. The van der Waals surface area contributed by atoms with Crippen LogP contribution < -0.4 is 9.62 Å². The number of carbonyl (C=O) groups is 2. The number of sulfonamides is 1. The minimum Gasteiger partial charge on any atom is -0.354 e. The highest BCUT2D eigenvalue weighted by atomic mass is 35.5. The molecule has 0 bridgehead atoms. The lowest BCUT2D eigenvalue weighted by molar-refractivity contribution is -0.141. The molecule has 204 valence electrons. The van der Waals surface area contributed by atoms with Crippen LogP contribution in [0.2, 0.25) is 10.0 Å². The lowest BCUT2D eigenvalue weighted by Gasteiger charge is -2.31. The number of hydrogen-bond donors (Lipinski definition) is 1. The molecular formula is C26H34Cl2FN3O4S. The van der Waals surface area contributed by atoms with Crippen LogP contribution in [0.5, 0.6) is 0 Å². The van der Waals surface area contributed by atoms with Gasteiger partial charge in [-0.2, -0.15) is 0 Å². The molecule has 0 aromatic heterocycles. The summed E-state index contributed by atoms with van der Waals surface area (Å²) in [5, 5.41) is 3.72. The fourth-order valence-corrected chi connectivity index (χ4v) is 5.22. The van der Waals surface area contributed by atoms with Gasteiger partial charge < -0.3 is 10.2 Å². The number of benzene rings is 2. The Morgan fingerprint density at radius 2 is 1.73 bits per heavy atom. The van der Waals surface area contributed by atoms with Crippen molar-refractivity contribution >= 4 is 50.7 Å². The minimum atomic E-state index is -3.67. The van der Waals surface area contributed by atoms with Crippen LogP contribution in [0.1, 0.15) is 45.6 Å². The highest BCUT2D eigenvalue weighted by Gasteiger charge is 2.29. The Morgan fingerprint density at radius 1 is 1.08 bits per heavy atom. The van der Waals surface area contributed by atoms with Gasteiger partial charge in [0.05, 0.1) is 11.9 Å². The Bertz CT molecular complexity index is 1180. The van der Waals surface area contributed by atoms with Crippen molar-refractivity contribution in [1.82, 2.24) is 10.2 Å². The molecule has 0 radical (unpaired) electrons. The second-order valence-corrected chi connectivity index (χ2v) is 12.0. The highest BCUT2D eigenvalue weighted by molar-refractivity contribution is 7.92. The van der Waals surface area contributed by atoms with Crippen molar-refractivity contribution in [3.63, 3.8) is 0 Å². The second-order valence-electron chi connectivity index (χ2n) is 9.24. The van der Waals surface area contributed by atoms with Crippen LogP contribution >= 0.6 is 23.2 Å². The number of carbonyl (C=O) groups excluding carboxylic acids is 2. The van der Waals surface area contributed by atoms with Gasteiger partial charge in [0.2, 0.25) is 21.8 Å². The molecule has 0 fully saturated rings. The van der Waals surface area contributed by atoms with Gasteiger partial charge in [0.1, 0.15) is 11.9 Å². The Morgan fingerprint density at radius 3 is 2.27 bits per heavy atom. The number of anilines is 1. The molecule has 2 aromatic rings. The molecule has 0 heterocycles. The molecule has 7 nitrogen and oxygen atoms in total. The normalized spacial score (nSPS) is 12.3. The van der Waals surface area contributed by atoms with Crippen LogP contribution in [-0.4, -0.2) is 50.5 Å². The van der Waals surface area contributed by atoms with E-state index in [9.17, 15) is 22.4 Å². The zero-order valence-electron chi connectivity index (χ0n) is 21.5. The zero-order chi connectivity index (χ0) is 27.8. The quantitative estimate of drug-likeness (QED) is 0.354. The van der Waals surface area contributed by atoms with Crippen molar-refractivity contribution in [2.75, 3.05) is 23.7 Å². The lowest BCUT2D eigenvalue weighted by atomic mass is 10.1. The summed E-state index contributed by atoms with van der Waals surface area (Å²) in [7, 11) is -3.67. The summed E-state index contributed by atoms with van der Waals surface area (Å²) < 4.78 is 39.2. The largest absolute Gasteiger partial charge is 0.354 e. The molecule has 0 saturated heterocycles. The Kier molecular flexibility index (Phi) is 11.7. The summed E-state index contributed by atoms with van der Waals surface area (Å²) in [5.41, 5.74) is 0.944. The third-order valence-electron chi connectivity index (χ3n) is 5.69. The fourth-order valence-electron chi connectivity index (χ4n) is 3.79. The highest BCUT2D eigenvalue weighted by Crippen LogP contribution is 2.25. The minimum absolute atomic E-state index is 0.00756. The van der Waals surface area contributed by atoms with Crippen molar-refractivity contribution in [2.24, 2.45) is 5.92 Å². The maximum absolute atomic E-state index is 13.4. The topological polar surface area (TPSA) is 86.8 Å². The van der Waals surface area contributed by atoms with E-state index in [0.717, 1.165) is 10.6 Å². The number of rotatable bonds is 13. The molecular weight excluding hydrogens is 540 g/mol. The second kappa shape index (κ2) is 14.0. The van der Waals surface area contributed by atoms with E-state index in [2.05, 4.69) is 5.32 Å². The molecule has 2 amide bonds. The van der Waals surface area contributed by atoms with Crippen LogP contribution in [0, 0.1) is 11.7 Å². The smallest absolute Gasteiger partial charge is 0.242 e. The molecule has 0 aliphatic rings. The monoisotopic (exact) mass is 573 g/mol. The van der Waals surface area contributed by atoms with E-state index in [1.807, 2.05) is 20.8 Å². The molecule has 1 N–H and O–H groups in total. The van der Waals surface area contributed by atoms with Crippen molar-refractivity contribution in [2.45, 2.75) is 52.6 Å². The molecule has 2 rings (SSSR count). The van der Waals surface area contributed by atoms with Gasteiger partial charge in [0.25, 0.3) is 0 Å². The lowest BCUT2D eigenvalue weighted by Crippen LogP contribution is -2.49. The van der Waals surface area contributed by atoms with Gasteiger partial charge in [-0.3, -0.25) is 13.9 Å². The standard InChI is InChI=1S/C26H34Cl2FN3O4S/c1-5-24(26(34)30-16-18(2)3)31(17-19-8-9-20(27)15-23(19)28)25(33)7-6-14-32(37(4,35)36)22-12-10-21(29)11-13-22/h8-13,15,18,24H,5-7,14,16-17H2,1-4H3,(H,30,34)/t24-/m0/s1. The van der Waals surface area contributed by atoms with Gasteiger partial charge >= 0.3 is 0 Å². The first-order valence-corrected chi connectivity index (χ1v) is 14.7. The molecule has 0 aliphatic heterocycles. The van der Waals surface area contributed by atoms with E-state index in [0.29, 0.717) is 34.3 Å². The zero-order valence-corrected chi connectivity index (χ0v) is 23.8. The molecule has 0 unspecified atom stereocenters. The molecule has 2 aromatic carbocycles. The predicted octanol–water partition coefficient (Wildman–Crippen LogP) is 5.26. The van der Waals surface area contributed by atoms with Crippen LogP contribution in [0.3, 0.4) is 0 Å². The van der Waals surface area contributed by atoms with E-state index in [-0.39, 0.29) is 43.7 Å². The SMILES string of the molecule is CC[C@@H](C(=O)NCC(C)C)N(Cc1ccc(Cl)cc1Cl)C(=O)CCCN(c1ccc(F)cc1)S(C)(=O)=O. The molecule has 0 spiro atoms. The number of amides is 2. The van der Waals surface area contributed by atoms with Gasteiger partial charge in [-0.15, -0.1) is 0 Å². The Hall–Kier alpha value is -2.36. The molecule has 37 heavy (non-hydrogen) atoms. The first-order valence-electron chi connectivity index (χ1n) is 12.1. The number of nitrogens with zero attached hydrogens (tertiary/aromatic N) is 2. The van der Waals surface area contributed by atoms with Crippen molar-refractivity contribution in [3.8, 4) is 0 Å². The van der Waals surface area contributed by atoms with Crippen LogP contribution in [0.4, 0.5) is 10.1 Å². The number of halogens is 3. The van der Waals surface area contributed by atoms with Gasteiger partial charge in [-0.05, 0) is 60.7 Å². The summed E-state index contributed by atoms with van der Waals surface area (Å²) in [6.07, 6.45) is 1.62. The molecule has 11 heteroatoms. The fraction of sp³-hybridized carbons (Fsp3) is 0.462. The van der Waals surface area contributed by atoms with E-state index in [1.54, 1.807) is 18.2 Å². The van der Waals surface area contributed by atoms with E-state index in [4.69, 9.17) is 23.2 Å². The maximum Gasteiger partial charge on any atom is 0.242 e. The summed E-state index contributed by atoms with van der Waals surface area (Å²) in [5.74, 6) is -0.821. The van der Waals surface area contributed by atoms with Gasteiger partial charge in [-0.1, -0.05) is 50.0 Å².